The molecule has 0 aromatic heterocycles. The number of carbonyl (C=O) groups is 1. The van der Waals surface area contributed by atoms with Crippen LogP contribution in [0.15, 0.2) is 18.2 Å². The summed E-state index contributed by atoms with van der Waals surface area (Å²) in [7, 11) is 0.177. The molecule has 1 aromatic rings. The van der Waals surface area contributed by atoms with Crippen LogP contribution in [0.25, 0.3) is 0 Å². The molecule has 2 unspecified atom stereocenters. The Kier molecular flexibility index (Phi) is 5.91. The third kappa shape index (κ3) is 4.29. The molecule has 0 bridgehead atoms. The van der Waals surface area contributed by atoms with E-state index < -0.39 is 15.1 Å². The molecule has 1 aliphatic rings. The predicted octanol–water partition coefficient (Wildman–Crippen LogP) is 2.36. The van der Waals surface area contributed by atoms with E-state index in [9.17, 15) is 13.2 Å². The van der Waals surface area contributed by atoms with Gasteiger partial charge in [0.05, 0.1) is 18.8 Å². The molecule has 0 aliphatic heterocycles. The third-order valence-corrected chi connectivity index (χ3v) is 6.59. The minimum atomic E-state index is -3.16. The number of amides is 1. The molecule has 24 heavy (non-hydrogen) atoms. The molecule has 6 heteroatoms. The van der Waals surface area contributed by atoms with Crippen molar-refractivity contribution in [2.45, 2.75) is 50.3 Å². The zero-order valence-electron chi connectivity index (χ0n) is 14.9. The SMILES string of the molecule is COc1cc(CC(=O)N(C)C2CCCCC2S(C)(=O)=O)ccc1C. The van der Waals surface area contributed by atoms with Crippen LogP contribution in [0, 0.1) is 6.92 Å². The average Bonchev–Trinajstić information content (AvgIpc) is 2.55. The van der Waals surface area contributed by atoms with Gasteiger partial charge in [-0.2, -0.15) is 0 Å². The molecule has 0 N–H and O–H groups in total. The molecular formula is C18H27NO4S. The number of hydrogen-bond acceptors (Lipinski definition) is 4. The number of sulfone groups is 1. The fraction of sp³-hybridized carbons (Fsp3) is 0.611. The minimum absolute atomic E-state index is 0.0542. The Hall–Kier alpha value is -1.56. The molecule has 1 amide bonds. The van der Waals surface area contributed by atoms with E-state index >= 15 is 0 Å². The van der Waals surface area contributed by atoms with Crippen LogP contribution in [0.4, 0.5) is 0 Å². The largest absolute Gasteiger partial charge is 0.496 e. The molecular weight excluding hydrogens is 326 g/mol. The van der Waals surface area contributed by atoms with Crippen LogP contribution in [-0.2, 0) is 21.1 Å². The van der Waals surface area contributed by atoms with Crippen molar-refractivity contribution in [1.29, 1.82) is 0 Å². The second-order valence-electron chi connectivity index (χ2n) is 6.71. The van der Waals surface area contributed by atoms with E-state index in [1.165, 1.54) is 6.26 Å². The van der Waals surface area contributed by atoms with E-state index in [0.29, 0.717) is 6.42 Å². The molecule has 0 spiro atoms. The second-order valence-corrected chi connectivity index (χ2v) is 8.97. The summed E-state index contributed by atoms with van der Waals surface area (Å²) < 4.78 is 29.4. The van der Waals surface area contributed by atoms with E-state index in [2.05, 4.69) is 0 Å². The summed E-state index contributed by atoms with van der Waals surface area (Å²) in [6, 6.07) is 5.49. The lowest BCUT2D eigenvalue weighted by atomic mass is 9.93. The van der Waals surface area contributed by atoms with Crippen LogP contribution in [0.3, 0.4) is 0 Å². The molecule has 1 saturated carbocycles. The lowest BCUT2D eigenvalue weighted by Crippen LogP contribution is -2.49. The number of rotatable bonds is 5. The minimum Gasteiger partial charge on any atom is -0.496 e. The molecule has 5 nitrogen and oxygen atoms in total. The Bertz CT molecular complexity index is 699. The Morgan fingerprint density at radius 3 is 2.58 bits per heavy atom. The highest BCUT2D eigenvalue weighted by atomic mass is 32.2. The summed E-state index contributed by atoms with van der Waals surface area (Å²) in [5, 5.41) is -0.451. The summed E-state index contributed by atoms with van der Waals surface area (Å²) in [5.74, 6) is 0.705. The summed E-state index contributed by atoms with van der Waals surface area (Å²) in [4.78, 5) is 14.3. The van der Waals surface area contributed by atoms with Crippen LogP contribution in [0.2, 0.25) is 0 Å². The molecule has 0 saturated heterocycles. The van der Waals surface area contributed by atoms with Crippen LogP contribution >= 0.6 is 0 Å². The topological polar surface area (TPSA) is 63.7 Å². The number of ether oxygens (including phenoxy) is 1. The van der Waals surface area contributed by atoms with E-state index in [1.807, 2.05) is 25.1 Å². The zero-order chi connectivity index (χ0) is 17.9. The van der Waals surface area contributed by atoms with Crippen LogP contribution in [0.5, 0.6) is 5.75 Å². The highest BCUT2D eigenvalue weighted by Gasteiger charge is 2.36. The van der Waals surface area contributed by atoms with Crippen molar-refractivity contribution in [3.63, 3.8) is 0 Å². The third-order valence-electron chi connectivity index (χ3n) is 4.94. The Morgan fingerprint density at radius 2 is 1.96 bits per heavy atom. The van der Waals surface area contributed by atoms with Crippen molar-refractivity contribution in [3.05, 3.63) is 29.3 Å². The van der Waals surface area contributed by atoms with Crippen molar-refractivity contribution >= 4 is 15.7 Å². The fourth-order valence-electron chi connectivity index (χ4n) is 3.48. The van der Waals surface area contributed by atoms with Crippen molar-refractivity contribution in [1.82, 2.24) is 4.90 Å². The van der Waals surface area contributed by atoms with Gasteiger partial charge in [0, 0.05) is 19.3 Å². The second kappa shape index (κ2) is 7.55. The van der Waals surface area contributed by atoms with Gasteiger partial charge in [-0.05, 0) is 37.0 Å². The maximum absolute atomic E-state index is 12.7. The smallest absolute Gasteiger partial charge is 0.227 e. The molecule has 1 aromatic carbocycles. The standard InChI is InChI=1S/C18H27NO4S/c1-13-9-10-14(11-16(13)23-3)12-18(20)19(2)15-7-5-6-8-17(15)24(4,21)22/h9-11,15,17H,5-8,12H2,1-4H3. The van der Waals surface area contributed by atoms with Gasteiger partial charge < -0.3 is 9.64 Å². The molecule has 0 radical (unpaired) electrons. The first kappa shape index (κ1) is 18.8. The predicted molar refractivity (Wildman–Crippen MR) is 95.1 cm³/mol. The van der Waals surface area contributed by atoms with Gasteiger partial charge in [0.25, 0.3) is 0 Å². The van der Waals surface area contributed by atoms with Gasteiger partial charge in [0.1, 0.15) is 5.75 Å². The van der Waals surface area contributed by atoms with E-state index in [0.717, 1.165) is 36.1 Å². The van der Waals surface area contributed by atoms with Gasteiger partial charge in [0.15, 0.2) is 9.84 Å². The lowest BCUT2D eigenvalue weighted by molar-refractivity contribution is -0.131. The Labute approximate surface area is 144 Å². The number of methoxy groups -OCH3 is 1. The van der Waals surface area contributed by atoms with E-state index in [4.69, 9.17) is 4.74 Å². The summed E-state index contributed by atoms with van der Waals surface area (Å²) in [6.07, 6.45) is 4.79. The maximum atomic E-state index is 12.7. The first-order valence-corrected chi connectivity index (χ1v) is 10.3. The van der Waals surface area contributed by atoms with Crippen LogP contribution < -0.4 is 4.74 Å². The summed E-state index contributed by atoms with van der Waals surface area (Å²) >= 11 is 0. The molecule has 1 aliphatic carbocycles. The number of likely N-dealkylation sites (N-methyl/N-ethyl adjacent to an activating group) is 1. The van der Waals surface area contributed by atoms with Crippen LogP contribution in [-0.4, -0.2) is 50.9 Å². The molecule has 1 fully saturated rings. The molecule has 2 rings (SSSR count). The van der Waals surface area contributed by atoms with Crippen molar-refractivity contribution in [2.75, 3.05) is 20.4 Å². The lowest BCUT2D eigenvalue weighted by Gasteiger charge is -2.37. The van der Waals surface area contributed by atoms with Gasteiger partial charge in [0.2, 0.25) is 5.91 Å². The number of hydrogen-bond donors (Lipinski definition) is 0. The van der Waals surface area contributed by atoms with Gasteiger partial charge in [-0.1, -0.05) is 25.0 Å². The van der Waals surface area contributed by atoms with Gasteiger partial charge >= 0.3 is 0 Å². The monoisotopic (exact) mass is 353 g/mol. The number of carbonyl (C=O) groups excluding carboxylic acids is 1. The van der Waals surface area contributed by atoms with E-state index in [-0.39, 0.29) is 18.4 Å². The van der Waals surface area contributed by atoms with E-state index in [1.54, 1.807) is 19.1 Å². The zero-order valence-corrected chi connectivity index (χ0v) is 15.7. The van der Waals surface area contributed by atoms with Crippen molar-refractivity contribution < 1.29 is 17.9 Å². The highest BCUT2D eigenvalue weighted by Crippen LogP contribution is 2.28. The van der Waals surface area contributed by atoms with Gasteiger partial charge in [-0.15, -0.1) is 0 Å². The molecule has 0 heterocycles. The molecule has 134 valence electrons. The van der Waals surface area contributed by atoms with Gasteiger partial charge in [-0.3, -0.25) is 4.79 Å². The summed E-state index contributed by atoms with van der Waals surface area (Å²) in [5.41, 5.74) is 1.90. The quantitative estimate of drug-likeness (QED) is 0.815. The highest BCUT2D eigenvalue weighted by molar-refractivity contribution is 7.91. The summed E-state index contributed by atoms with van der Waals surface area (Å²) in [6.45, 7) is 1.95. The number of benzene rings is 1. The number of nitrogens with zero attached hydrogens (tertiary/aromatic N) is 1. The Balaban J connectivity index is 2.13. The van der Waals surface area contributed by atoms with Crippen LogP contribution in [0.1, 0.15) is 36.8 Å². The maximum Gasteiger partial charge on any atom is 0.227 e. The van der Waals surface area contributed by atoms with Crippen molar-refractivity contribution in [3.8, 4) is 5.75 Å². The Morgan fingerprint density at radius 1 is 1.29 bits per heavy atom. The number of aryl methyl sites for hydroxylation is 1. The first-order valence-electron chi connectivity index (χ1n) is 8.32. The van der Waals surface area contributed by atoms with Gasteiger partial charge in [-0.25, -0.2) is 8.42 Å². The average molecular weight is 353 g/mol. The first-order chi connectivity index (χ1) is 11.2. The normalized spacial score (nSPS) is 21.3. The fourth-order valence-corrected chi connectivity index (χ4v) is 4.96. The molecule has 2 atom stereocenters. The van der Waals surface area contributed by atoms with Crippen molar-refractivity contribution in [2.24, 2.45) is 0 Å².